The lowest BCUT2D eigenvalue weighted by Gasteiger charge is -2.09. The molecule has 0 radical (unpaired) electrons. The van der Waals surface area contributed by atoms with Crippen molar-refractivity contribution in [1.29, 1.82) is 0 Å². The number of esters is 1. The van der Waals surface area contributed by atoms with Crippen LogP contribution in [0.5, 0.6) is 0 Å². The molecule has 2 unspecified atom stereocenters. The molecule has 2 N–H and O–H groups in total. The Labute approximate surface area is 105 Å². The molecule has 1 aliphatic heterocycles. The average Bonchev–Trinajstić information content (AvgIpc) is 2.80. The standard InChI is InChI=1S/C12H15ClN2O2/c1-2-17-12(16)11-7-10(14-15-11)8-3-5-9(13)6-4-8/h3-6,10-11,14-15H,2,7H2,1H3. The monoisotopic (exact) mass is 254 g/mol. The number of carbonyl (C=O) groups excluding carboxylic acids is 1. The van der Waals surface area contributed by atoms with Crippen molar-refractivity contribution in [3.8, 4) is 0 Å². The van der Waals surface area contributed by atoms with Gasteiger partial charge in [-0.3, -0.25) is 4.79 Å². The van der Waals surface area contributed by atoms with E-state index in [1.165, 1.54) is 0 Å². The fourth-order valence-corrected chi connectivity index (χ4v) is 1.99. The second-order valence-electron chi connectivity index (χ2n) is 3.93. The van der Waals surface area contributed by atoms with Gasteiger partial charge in [0, 0.05) is 11.1 Å². The Morgan fingerprint density at radius 3 is 2.76 bits per heavy atom. The van der Waals surface area contributed by atoms with Crippen molar-refractivity contribution in [2.24, 2.45) is 0 Å². The van der Waals surface area contributed by atoms with E-state index in [-0.39, 0.29) is 18.1 Å². The van der Waals surface area contributed by atoms with E-state index in [0.717, 1.165) is 5.56 Å². The van der Waals surface area contributed by atoms with Crippen molar-refractivity contribution >= 4 is 17.6 Å². The van der Waals surface area contributed by atoms with Gasteiger partial charge in [0.1, 0.15) is 6.04 Å². The molecule has 0 spiro atoms. The summed E-state index contributed by atoms with van der Waals surface area (Å²) in [5, 5.41) is 0.710. The first-order valence-corrected chi connectivity index (χ1v) is 6.01. The molecule has 2 rings (SSSR count). The molecule has 0 amide bonds. The van der Waals surface area contributed by atoms with Crippen LogP contribution in [0.4, 0.5) is 0 Å². The van der Waals surface area contributed by atoms with E-state index in [2.05, 4.69) is 10.9 Å². The number of carbonyl (C=O) groups is 1. The minimum atomic E-state index is -0.282. The highest BCUT2D eigenvalue weighted by Crippen LogP contribution is 2.23. The molecule has 1 saturated heterocycles. The van der Waals surface area contributed by atoms with Gasteiger partial charge in [-0.15, -0.1) is 0 Å². The van der Waals surface area contributed by atoms with Crippen LogP contribution >= 0.6 is 11.6 Å². The predicted octanol–water partition coefficient (Wildman–Crippen LogP) is 1.81. The van der Waals surface area contributed by atoms with E-state index in [0.29, 0.717) is 18.1 Å². The van der Waals surface area contributed by atoms with Gasteiger partial charge in [-0.2, -0.15) is 0 Å². The highest BCUT2D eigenvalue weighted by molar-refractivity contribution is 6.30. The van der Waals surface area contributed by atoms with Gasteiger partial charge >= 0.3 is 5.97 Å². The van der Waals surface area contributed by atoms with Gasteiger partial charge in [0.2, 0.25) is 0 Å². The summed E-state index contributed by atoms with van der Waals surface area (Å²) < 4.78 is 4.97. The second kappa shape index (κ2) is 5.49. The lowest BCUT2D eigenvalue weighted by Crippen LogP contribution is -2.37. The third-order valence-corrected chi connectivity index (χ3v) is 3.00. The number of nitrogens with one attached hydrogen (secondary N) is 2. The minimum absolute atomic E-state index is 0.113. The summed E-state index contributed by atoms with van der Waals surface area (Å²) in [6, 6.07) is 7.43. The highest BCUT2D eigenvalue weighted by Gasteiger charge is 2.30. The quantitative estimate of drug-likeness (QED) is 0.808. The molecule has 1 aromatic carbocycles. The van der Waals surface area contributed by atoms with Crippen molar-refractivity contribution in [1.82, 2.24) is 10.9 Å². The van der Waals surface area contributed by atoms with Gasteiger partial charge in [0.25, 0.3) is 0 Å². The number of hydrogen-bond acceptors (Lipinski definition) is 4. The number of halogens is 1. The molecule has 5 heteroatoms. The number of benzene rings is 1. The van der Waals surface area contributed by atoms with Gasteiger partial charge < -0.3 is 4.74 Å². The van der Waals surface area contributed by atoms with E-state index in [1.807, 2.05) is 24.3 Å². The smallest absolute Gasteiger partial charge is 0.324 e. The van der Waals surface area contributed by atoms with Crippen LogP contribution in [0.2, 0.25) is 5.02 Å². The SMILES string of the molecule is CCOC(=O)C1CC(c2ccc(Cl)cc2)NN1. The Kier molecular flexibility index (Phi) is 3.99. The summed E-state index contributed by atoms with van der Waals surface area (Å²) >= 11 is 5.83. The average molecular weight is 255 g/mol. The van der Waals surface area contributed by atoms with Crippen LogP contribution in [-0.4, -0.2) is 18.6 Å². The van der Waals surface area contributed by atoms with Crippen molar-refractivity contribution in [2.45, 2.75) is 25.4 Å². The Morgan fingerprint density at radius 1 is 1.41 bits per heavy atom. The topological polar surface area (TPSA) is 50.4 Å². The van der Waals surface area contributed by atoms with Crippen molar-refractivity contribution in [3.05, 3.63) is 34.9 Å². The van der Waals surface area contributed by atoms with Crippen molar-refractivity contribution in [2.75, 3.05) is 6.61 Å². The molecule has 2 atom stereocenters. The number of hydrazine groups is 1. The number of hydrogen-bond donors (Lipinski definition) is 2. The van der Waals surface area contributed by atoms with E-state index >= 15 is 0 Å². The second-order valence-corrected chi connectivity index (χ2v) is 4.37. The fourth-order valence-electron chi connectivity index (χ4n) is 1.87. The molecule has 4 nitrogen and oxygen atoms in total. The molecule has 1 aromatic rings. The Morgan fingerprint density at radius 2 is 2.12 bits per heavy atom. The fraction of sp³-hybridized carbons (Fsp3) is 0.417. The maximum Gasteiger partial charge on any atom is 0.324 e. The third kappa shape index (κ3) is 2.97. The zero-order valence-electron chi connectivity index (χ0n) is 9.57. The van der Waals surface area contributed by atoms with E-state index < -0.39 is 0 Å². The summed E-state index contributed by atoms with van der Waals surface area (Å²) in [5.41, 5.74) is 7.14. The van der Waals surface area contributed by atoms with E-state index in [9.17, 15) is 4.79 Å². The van der Waals surface area contributed by atoms with Gasteiger partial charge in [-0.1, -0.05) is 23.7 Å². The van der Waals surface area contributed by atoms with Crippen LogP contribution in [0.3, 0.4) is 0 Å². The zero-order valence-corrected chi connectivity index (χ0v) is 10.3. The molecule has 1 heterocycles. The summed E-state index contributed by atoms with van der Waals surface area (Å²) in [7, 11) is 0. The lowest BCUT2D eigenvalue weighted by atomic mass is 10.0. The van der Waals surface area contributed by atoms with Crippen molar-refractivity contribution < 1.29 is 9.53 Å². The maximum atomic E-state index is 11.5. The first kappa shape index (κ1) is 12.4. The number of rotatable bonds is 3. The summed E-state index contributed by atoms with van der Waals surface area (Å²) in [4.78, 5) is 11.5. The molecular formula is C12H15ClN2O2. The first-order valence-electron chi connectivity index (χ1n) is 5.64. The normalized spacial score (nSPS) is 23.6. The largest absolute Gasteiger partial charge is 0.465 e. The van der Waals surface area contributed by atoms with Crippen LogP contribution in [0.15, 0.2) is 24.3 Å². The summed E-state index contributed by atoms with van der Waals surface area (Å²) in [6.45, 7) is 2.21. The Balaban J connectivity index is 1.98. The highest BCUT2D eigenvalue weighted by atomic mass is 35.5. The minimum Gasteiger partial charge on any atom is -0.465 e. The van der Waals surface area contributed by atoms with Gasteiger partial charge in [0.05, 0.1) is 6.61 Å². The van der Waals surface area contributed by atoms with Crippen LogP contribution in [0.25, 0.3) is 0 Å². The molecule has 17 heavy (non-hydrogen) atoms. The Hall–Kier alpha value is -1.10. The van der Waals surface area contributed by atoms with Crippen LogP contribution in [0, 0.1) is 0 Å². The van der Waals surface area contributed by atoms with Gasteiger partial charge in [-0.25, -0.2) is 10.9 Å². The molecule has 0 bridgehead atoms. The summed E-state index contributed by atoms with van der Waals surface area (Å²) in [5.74, 6) is -0.212. The predicted molar refractivity (Wildman–Crippen MR) is 65.5 cm³/mol. The molecule has 1 aliphatic rings. The van der Waals surface area contributed by atoms with Crippen LogP contribution < -0.4 is 10.9 Å². The maximum absolute atomic E-state index is 11.5. The van der Waals surface area contributed by atoms with Gasteiger partial charge in [-0.05, 0) is 31.0 Å². The van der Waals surface area contributed by atoms with E-state index in [4.69, 9.17) is 16.3 Å². The van der Waals surface area contributed by atoms with Crippen LogP contribution in [-0.2, 0) is 9.53 Å². The third-order valence-electron chi connectivity index (χ3n) is 2.75. The molecule has 0 aromatic heterocycles. The van der Waals surface area contributed by atoms with Gasteiger partial charge in [0.15, 0.2) is 0 Å². The molecule has 92 valence electrons. The molecule has 0 aliphatic carbocycles. The molecule has 0 saturated carbocycles. The summed E-state index contributed by atoms with van der Waals surface area (Å²) in [6.07, 6.45) is 0.681. The number of ether oxygens (including phenoxy) is 1. The van der Waals surface area contributed by atoms with Crippen molar-refractivity contribution in [3.63, 3.8) is 0 Å². The van der Waals surface area contributed by atoms with E-state index in [1.54, 1.807) is 6.92 Å². The Bertz CT molecular complexity index is 394. The van der Waals surface area contributed by atoms with Crippen LogP contribution in [0.1, 0.15) is 24.9 Å². The first-order chi connectivity index (χ1) is 8.20. The molecule has 1 fully saturated rings. The molecular weight excluding hydrogens is 240 g/mol. The zero-order chi connectivity index (χ0) is 12.3. The lowest BCUT2D eigenvalue weighted by molar-refractivity contribution is -0.145.